The molecule has 6 nitrogen and oxygen atoms in total. The number of para-hydroxylation sites is 1. The standard InChI is InChI=1S/C18H15BrN4O2/c1-11-7-8-15(13(19)9-11)25-10-16-20-21-18-22(2)17(24)12-5-3-4-6-14(12)23(16)18/h3-9H,10H2,1-2H3. The topological polar surface area (TPSA) is 61.4 Å². The van der Waals surface area contributed by atoms with E-state index in [0.29, 0.717) is 17.0 Å². The molecule has 7 heteroatoms. The molecular formula is C18H15BrN4O2. The smallest absolute Gasteiger partial charge is 0.262 e. The Labute approximate surface area is 151 Å². The second-order valence-corrected chi connectivity index (χ2v) is 6.71. The molecule has 0 spiro atoms. The summed E-state index contributed by atoms with van der Waals surface area (Å²) in [6.07, 6.45) is 0. The summed E-state index contributed by atoms with van der Waals surface area (Å²) in [5, 5.41) is 9.01. The molecule has 0 radical (unpaired) electrons. The van der Waals surface area contributed by atoms with Gasteiger partial charge in [-0.15, -0.1) is 10.2 Å². The van der Waals surface area contributed by atoms with Crippen molar-refractivity contribution in [2.75, 3.05) is 0 Å². The normalized spacial score (nSPS) is 11.3. The SMILES string of the molecule is Cc1ccc(OCc2nnc3n(C)c(=O)c4ccccc4n23)c(Br)c1. The van der Waals surface area contributed by atoms with Crippen molar-refractivity contribution in [1.82, 2.24) is 19.2 Å². The number of halogens is 1. The number of fused-ring (bicyclic) bond motifs is 3. The Kier molecular flexibility index (Phi) is 3.80. The van der Waals surface area contributed by atoms with Crippen molar-refractivity contribution >= 4 is 32.6 Å². The van der Waals surface area contributed by atoms with E-state index >= 15 is 0 Å². The highest BCUT2D eigenvalue weighted by Crippen LogP contribution is 2.26. The maximum Gasteiger partial charge on any atom is 0.262 e. The first-order valence-electron chi connectivity index (χ1n) is 7.77. The molecule has 0 saturated heterocycles. The molecule has 0 N–H and O–H groups in total. The lowest BCUT2D eigenvalue weighted by molar-refractivity contribution is 0.293. The van der Waals surface area contributed by atoms with E-state index in [2.05, 4.69) is 26.1 Å². The number of aryl methyl sites for hydroxylation is 2. The van der Waals surface area contributed by atoms with E-state index in [4.69, 9.17) is 4.74 Å². The molecule has 2 aromatic carbocycles. The van der Waals surface area contributed by atoms with Crippen molar-refractivity contribution in [2.24, 2.45) is 7.05 Å². The summed E-state index contributed by atoms with van der Waals surface area (Å²) in [6, 6.07) is 13.3. The van der Waals surface area contributed by atoms with Gasteiger partial charge in [0.15, 0.2) is 5.82 Å². The minimum atomic E-state index is -0.0933. The molecule has 0 bridgehead atoms. The van der Waals surface area contributed by atoms with Gasteiger partial charge in [-0.2, -0.15) is 0 Å². The molecule has 126 valence electrons. The lowest BCUT2D eigenvalue weighted by atomic mass is 10.2. The number of hydrogen-bond donors (Lipinski definition) is 0. The molecule has 2 aromatic heterocycles. The van der Waals surface area contributed by atoms with E-state index < -0.39 is 0 Å². The number of aromatic nitrogens is 4. The molecule has 0 unspecified atom stereocenters. The lowest BCUT2D eigenvalue weighted by Crippen LogP contribution is -2.20. The Hall–Kier alpha value is -2.67. The Bertz CT molecular complexity index is 1160. The summed E-state index contributed by atoms with van der Waals surface area (Å²) in [5.74, 6) is 1.86. The average Bonchev–Trinajstić information content (AvgIpc) is 3.03. The molecular weight excluding hydrogens is 384 g/mol. The number of rotatable bonds is 3. The summed E-state index contributed by atoms with van der Waals surface area (Å²) in [7, 11) is 1.69. The zero-order valence-electron chi connectivity index (χ0n) is 13.7. The fourth-order valence-electron chi connectivity index (χ4n) is 2.85. The second kappa shape index (κ2) is 6.00. The summed E-state index contributed by atoms with van der Waals surface area (Å²) >= 11 is 3.51. The van der Waals surface area contributed by atoms with Crippen LogP contribution in [-0.2, 0) is 13.7 Å². The Morgan fingerprint density at radius 3 is 2.76 bits per heavy atom. The zero-order valence-corrected chi connectivity index (χ0v) is 15.3. The maximum absolute atomic E-state index is 12.5. The molecule has 0 saturated carbocycles. The van der Waals surface area contributed by atoms with Crippen LogP contribution in [0.1, 0.15) is 11.4 Å². The second-order valence-electron chi connectivity index (χ2n) is 5.86. The lowest BCUT2D eigenvalue weighted by Gasteiger charge is -2.10. The van der Waals surface area contributed by atoms with Crippen molar-refractivity contribution in [2.45, 2.75) is 13.5 Å². The number of ether oxygens (including phenoxy) is 1. The minimum absolute atomic E-state index is 0.0933. The van der Waals surface area contributed by atoms with E-state index in [1.807, 2.05) is 47.7 Å². The van der Waals surface area contributed by atoms with Gasteiger partial charge >= 0.3 is 0 Å². The van der Waals surface area contributed by atoms with Crippen LogP contribution in [0.15, 0.2) is 51.7 Å². The third kappa shape index (κ3) is 2.60. The Morgan fingerprint density at radius 2 is 1.96 bits per heavy atom. The molecule has 0 aliphatic carbocycles. The third-order valence-corrected chi connectivity index (χ3v) is 4.76. The molecule has 0 fully saturated rings. The van der Waals surface area contributed by atoms with Crippen molar-refractivity contribution in [3.05, 3.63) is 68.7 Å². The van der Waals surface area contributed by atoms with Gasteiger partial charge in [0.2, 0.25) is 5.78 Å². The van der Waals surface area contributed by atoms with Gasteiger partial charge < -0.3 is 4.74 Å². The molecule has 0 amide bonds. The van der Waals surface area contributed by atoms with Crippen LogP contribution in [0, 0.1) is 6.92 Å². The highest BCUT2D eigenvalue weighted by molar-refractivity contribution is 9.10. The highest BCUT2D eigenvalue weighted by Gasteiger charge is 2.15. The van der Waals surface area contributed by atoms with Crippen molar-refractivity contribution < 1.29 is 4.74 Å². The van der Waals surface area contributed by atoms with Gasteiger partial charge in [-0.05, 0) is 52.7 Å². The van der Waals surface area contributed by atoms with Crippen LogP contribution in [0.25, 0.3) is 16.7 Å². The largest absolute Gasteiger partial charge is 0.484 e. The van der Waals surface area contributed by atoms with Gasteiger partial charge in [-0.3, -0.25) is 13.8 Å². The molecule has 25 heavy (non-hydrogen) atoms. The predicted molar refractivity (Wildman–Crippen MR) is 98.9 cm³/mol. The van der Waals surface area contributed by atoms with E-state index in [1.165, 1.54) is 4.57 Å². The van der Waals surface area contributed by atoms with Crippen LogP contribution in [0.5, 0.6) is 5.75 Å². The molecule has 0 aliphatic rings. The van der Waals surface area contributed by atoms with Crippen molar-refractivity contribution in [1.29, 1.82) is 0 Å². The van der Waals surface area contributed by atoms with Crippen LogP contribution in [0.4, 0.5) is 0 Å². The number of benzene rings is 2. The molecule has 4 aromatic rings. The van der Waals surface area contributed by atoms with Gasteiger partial charge in [0.1, 0.15) is 12.4 Å². The number of nitrogens with zero attached hydrogens (tertiary/aromatic N) is 4. The first-order valence-corrected chi connectivity index (χ1v) is 8.56. The van der Waals surface area contributed by atoms with E-state index in [9.17, 15) is 4.79 Å². The summed E-state index contributed by atoms with van der Waals surface area (Å²) < 4.78 is 10.2. The van der Waals surface area contributed by atoms with Crippen LogP contribution in [-0.4, -0.2) is 19.2 Å². The van der Waals surface area contributed by atoms with Gasteiger partial charge in [-0.25, -0.2) is 0 Å². The molecule has 4 rings (SSSR count). The predicted octanol–water partition coefficient (Wildman–Crippen LogP) is 3.23. The van der Waals surface area contributed by atoms with Crippen LogP contribution in [0.2, 0.25) is 0 Å². The van der Waals surface area contributed by atoms with Crippen molar-refractivity contribution in [3.8, 4) is 5.75 Å². The fraction of sp³-hybridized carbons (Fsp3) is 0.167. The van der Waals surface area contributed by atoms with E-state index in [0.717, 1.165) is 21.3 Å². The van der Waals surface area contributed by atoms with Crippen LogP contribution in [0.3, 0.4) is 0 Å². The highest BCUT2D eigenvalue weighted by atomic mass is 79.9. The van der Waals surface area contributed by atoms with Gasteiger partial charge in [0.05, 0.1) is 15.4 Å². The maximum atomic E-state index is 12.5. The quantitative estimate of drug-likeness (QED) is 0.531. The van der Waals surface area contributed by atoms with Gasteiger partial charge in [0.25, 0.3) is 5.56 Å². The third-order valence-electron chi connectivity index (χ3n) is 4.14. The monoisotopic (exact) mass is 398 g/mol. The van der Waals surface area contributed by atoms with E-state index in [-0.39, 0.29) is 12.2 Å². The summed E-state index contributed by atoms with van der Waals surface area (Å²) in [4.78, 5) is 12.5. The average molecular weight is 399 g/mol. The Morgan fingerprint density at radius 1 is 1.16 bits per heavy atom. The summed E-state index contributed by atoms with van der Waals surface area (Å²) in [5.41, 5.74) is 1.82. The molecule has 0 aliphatic heterocycles. The van der Waals surface area contributed by atoms with Crippen molar-refractivity contribution in [3.63, 3.8) is 0 Å². The fourth-order valence-corrected chi connectivity index (χ4v) is 3.46. The van der Waals surface area contributed by atoms with E-state index in [1.54, 1.807) is 13.1 Å². The minimum Gasteiger partial charge on any atom is -0.484 e. The first-order chi connectivity index (χ1) is 12.1. The Balaban J connectivity index is 1.82. The molecule has 0 atom stereocenters. The van der Waals surface area contributed by atoms with Crippen LogP contribution >= 0.6 is 15.9 Å². The first kappa shape index (κ1) is 15.8. The summed E-state index contributed by atoms with van der Waals surface area (Å²) in [6.45, 7) is 2.26. The van der Waals surface area contributed by atoms with Crippen LogP contribution < -0.4 is 10.3 Å². The van der Waals surface area contributed by atoms with Gasteiger partial charge in [-0.1, -0.05) is 18.2 Å². The molecule has 2 heterocycles. The van der Waals surface area contributed by atoms with Gasteiger partial charge in [0, 0.05) is 7.05 Å². The number of hydrogen-bond acceptors (Lipinski definition) is 4. The zero-order chi connectivity index (χ0) is 17.6.